The molecule has 1 aliphatic rings. The molecule has 8 heteroatoms. The maximum Gasteiger partial charge on any atom is 0.306 e. The van der Waals surface area contributed by atoms with Gasteiger partial charge < -0.3 is 10.4 Å². The molecular weight excluding hydrogens is 334 g/mol. The van der Waals surface area contributed by atoms with Crippen molar-refractivity contribution in [2.75, 3.05) is 0 Å². The van der Waals surface area contributed by atoms with Crippen molar-refractivity contribution >= 4 is 11.9 Å². The van der Waals surface area contributed by atoms with Crippen molar-refractivity contribution in [1.82, 2.24) is 25.5 Å². The van der Waals surface area contributed by atoms with E-state index in [9.17, 15) is 9.59 Å². The average molecular weight is 357 g/mol. The number of carbonyl (C=O) groups is 2. The van der Waals surface area contributed by atoms with Crippen molar-refractivity contribution in [1.29, 1.82) is 0 Å². The first-order chi connectivity index (χ1) is 12.5. The van der Waals surface area contributed by atoms with Gasteiger partial charge in [-0.2, -0.15) is 4.80 Å². The van der Waals surface area contributed by atoms with Gasteiger partial charge in [-0.25, -0.2) is 0 Å². The number of aromatic nitrogens is 4. The zero-order valence-electron chi connectivity index (χ0n) is 14.9. The van der Waals surface area contributed by atoms with Gasteiger partial charge in [-0.1, -0.05) is 44.2 Å². The van der Waals surface area contributed by atoms with Crippen molar-refractivity contribution in [3.63, 3.8) is 0 Å². The van der Waals surface area contributed by atoms with Crippen LogP contribution in [0, 0.1) is 11.8 Å². The van der Waals surface area contributed by atoms with E-state index in [1.807, 2.05) is 44.2 Å². The summed E-state index contributed by atoms with van der Waals surface area (Å²) in [7, 11) is 0. The maximum atomic E-state index is 12.8. The van der Waals surface area contributed by atoms with E-state index in [1.54, 1.807) is 0 Å². The predicted octanol–water partition coefficient (Wildman–Crippen LogP) is 1.91. The molecule has 3 rings (SSSR count). The molecule has 138 valence electrons. The second-order valence-electron chi connectivity index (χ2n) is 7.04. The Bertz CT molecular complexity index is 774. The minimum Gasteiger partial charge on any atom is -0.481 e. The van der Waals surface area contributed by atoms with Gasteiger partial charge in [-0.15, -0.1) is 10.2 Å². The van der Waals surface area contributed by atoms with Gasteiger partial charge in [-0.3, -0.25) is 9.59 Å². The summed E-state index contributed by atoms with van der Waals surface area (Å²) in [5.41, 5.74) is 0.835. The minimum atomic E-state index is -0.799. The molecule has 0 radical (unpaired) electrons. The standard InChI is InChI=1S/C18H23N5O3/c1-11(2)15(17(24)19-14-9-8-13(10-14)18(25)26)23-21-16(20-22-23)12-6-4-3-5-7-12/h3-7,11,13-15H,8-10H2,1-2H3,(H,19,24)(H,25,26)/t13-,14+,15?/m1/s1. The van der Waals surface area contributed by atoms with E-state index < -0.39 is 12.0 Å². The van der Waals surface area contributed by atoms with E-state index in [2.05, 4.69) is 20.7 Å². The van der Waals surface area contributed by atoms with Crippen molar-refractivity contribution in [3.8, 4) is 11.4 Å². The van der Waals surface area contributed by atoms with Crippen LogP contribution in [0.2, 0.25) is 0 Å². The van der Waals surface area contributed by atoms with Gasteiger partial charge in [0.05, 0.1) is 5.92 Å². The number of rotatable bonds is 6. The largest absolute Gasteiger partial charge is 0.481 e. The summed E-state index contributed by atoms with van der Waals surface area (Å²) in [6.07, 6.45) is 1.73. The highest BCUT2D eigenvalue weighted by atomic mass is 16.4. The van der Waals surface area contributed by atoms with Crippen LogP contribution < -0.4 is 5.32 Å². The Morgan fingerprint density at radius 2 is 1.96 bits per heavy atom. The third-order valence-electron chi connectivity index (χ3n) is 4.74. The van der Waals surface area contributed by atoms with Crippen molar-refractivity contribution in [3.05, 3.63) is 30.3 Å². The van der Waals surface area contributed by atoms with Gasteiger partial charge in [0.1, 0.15) is 0 Å². The monoisotopic (exact) mass is 357 g/mol. The van der Waals surface area contributed by atoms with Crippen molar-refractivity contribution < 1.29 is 14.7 Å². The highest BCUT2D eigenvalue weighted by molar-refractivity contribution is 5.81. The number of hydrogen-bond donors (Lipinski definition) is 2. The highest BCUT2D eigenvalue weighted by Crippen LogP contribution is 2.27. The van der Waals surface area contributed by atoms with Gasteiger partial charge in [0.25, 0.3) is 0 Å². The van der Waals surface area contributed by atoms with Gasteiger partial charge in [0.15, 0.2) is 6.04 Å². The number of nitrogens with one attached hydrogen (secondary N) is 1. The predicted molar refractivity (Wildman–Crippen MR) is 94.0 cm³/mol. The molecule has 1 amide bonds. The molecule has 1 heterocycles. The highest BCUT2D eigenvalue weighted by Gasteiger charge is 2.34. The summed E-state index contributed by atoms with van der Waals surface area (Å²) in [6.45, 7) is 3.84. The second kappa shape index (κ2) is 7.63. The Morgan fingerprint density at radius 1 is 1.23 bits per heavy atom. The van der Waals surface area contributed by atoms with E-state index in [0.717, 1.165) is 5.56 Å². The van der Waals surface area contributed by atoms with Crippen LogP contribution in [0.25, 0.3) is 11.4 Å². The molecule has 0 bridgehead atoms. The first-order valence-corrected chi connectivity index (χ1v) is 8.84. The summed E-state index contributed by atoms with van der Waals surface area (Å²) in [4.78, 5) is 25.2. The summed E-state index contributed by atoms with van der Waals surface area (Å²) in [5, 5.41) is 24.6. The molecule has 1 saturated carbocycles. The summed E-state index contributed by atoms with van der Waals surface area (Å²) < 4.78 is 0. The summed E-state index contributed by atoms with van der Waals surface area (Å²) in [5.74, 6) is -0.951. The first-order valence-electron chi connectivity index (χ1n) is 8.84. The Balaban J connectivity index is 1.72. The fourth-order valence-electron chi connectivity index (χ4n) is 3.34. The number of hydrogen-bond acceptors (Lipinski definition) is 5. The van der Waals surface area contributed by atoms with E-state index in [4.69, 9.17) is 5.11 Å². The normalized spacial score (nSPS) is 20.9. The second-order valence-corrected chi connectivity index (χ2v) is 7.04. The molecule has 1 aromatic heterocycles. The van der Waals surface area contributed by atoms with Gasteiger partial charge in [-0.05, 0) is 30.4 Å². The molecule has 0 aliphatic heterocycles. The molecule has 1 aromatic carbocycles. The molecule has 2 aromatic rings. The SMILES string of the molecule is CC(C)C(C(=O)N[C@H]1CC[C@@H](C(=O)O)C1)n1nnc(-c2ccccc2)n1. The summed E-state index contributed by atoms with van der Waals surface area (Å²) >= 11 is 0. The molecule has 26 heavy (non-hydrogen) atoms. The van der Waals surface area contributed by atoms with Crippen LogP contribution in [0.3, 0.4) is 0 Å². The van der Waals surface area contributed by atoms with Gasteiger partial charge in [0, 0.05) is 11.6 Å². The number of nitrogens with zero attached hydrogens (tertiary/aromatic N) is 4. The third-order valence-corrected chi connectivity index (χ3v) is 4.74. The maximum absolute atomic E-state index is 12.8. The van der Waals surface area contributed by atoms with Crippen LogP contribution in [0.1, 0.15) is 39.2 Å². The summed E-state index contributed by atoms with van der Waals surface area (Å²) in [6, 6.07) is 8.74. The van der Waals surface area contributed by atoms with E-state index in [0.29, 0.717) is 25.1 Å². The topological polar surface area (TPSA) is 110 Å². The molecule has 1 aliphatic carbocycles. The molecule has 0 saturated heterocycles. The zero-order chi connectivity index (χ0) is 18.7. The molecule has 8 nitrogen and oxygen atoms in total. The molecule has 1 unspecified atom stereocenters. The quantitative estimate of drug-likeness (QED) is 0.817. The Morgan fingerprint density at radius 3 is 2.58 bits per heavy atom. The molecular formula is C18H23N5O3. The number of aliphatic carboxylic acids is 1. The number of benzene rings is 1. The van der Waals surface area contributed by atoms with Crippen LogP contribution in [-0.2, 0) is 9.59 Å². The van der Waals surface area contributed by atoms with Crippen molar-refractivity contribution in [2.24, 2.45) is 11.8 Å². The molecule has 0 spiro atoms. The number of carboxylic acids is 1. The van der Waals surface area contributed by atoms with Crippen LogP contribution in [-0.4, -0.2) is 43.2 Å². The zero-order valence-corrected chi connectivity index (χ0v) is 14.9. The van der Waals surface area contributed by atoms with E-state index >= 15 is 0 Å². The fraction of sp³-hybridized carbons (Fsp3) is 0.500. The van der Waals surface area contributed by atoms with Gasteiger partial charge >= 0.3 is 5.97 Å². The van der Waals surface area contributed by atoms with Crippen LogP contribution in [0.15, 0.2) is 30.3 Å². The average Bonchev–Trinajstić information content (AvgIpc) is 3.25. The molecule has 1 fully saturated rings. The van der Waals surface area contributed by atoms with Gasteiger partial charge in [0.2, 0.25) is 11.7 Å². The van der Waals surface area contributed by atoms with E-state index in [-0.39, 0.29) is 23.8 Å². The van der Waals surface area contributed by atoms with Crippen LogP contribution >= 0.6 is 0 Å². The lowest BCUT2D eigenvalue weighted by molar-refractivity contribution is -0.141. The van der Waals surface area contributed by atoms with Crippen LogP contribution in [0.4, 0.5) is 0 Å². The van der Waals surface area contributed by atoms with Crippen molar-refractivity contribution in [2.45, 2.75) is 45.2 Å². The Labute approximate surface area is 151 Å². The molecule has 2 N–H and O–H groups in total. The van der Waals surface area contributed by atoms with E-state index in [1.165, 1.54) is 4.80 Å². The smallest absolute Gasteiger partial charge is 0.306 e. The number of carbonyl (C=O) groups excluding carboxylic acids is 1. The lowest BCUT2D eigenvalue weighted by atomic mass is 10.0. The lowest BCUT2D eigenvalue weighted by Gasteiger charge is -2.21. The minimum absolute atomic E-state index is 0.0375. The Hall–Kier alpha value is -2.77. The third kappa shape index (κ3) is 3.89. The number of carboxylic acid groups (broad SMARTS) is 1. The lowest BCUT2D eigenvalue weighted by Crippen LogP contribution is -2.41. The number of tetrazole rings is 1. The molecule has 3 atom stereocenters. The Kier molecular flexibility index (Phi) is 5.29. The number of amides is 1. The fourth-order valence-corrected chi connectivity index (χ4v) is 3.34. The first kappa shape index (κ1) is 18.0. The van der Waals surface area contributed by atoms with Crippen LogP contribution in [0.5, 0.6) is 0 Å².